The highest BCUT2D eigenvalue weighted by Crippen LogP contribution is 2.23. The normalized spacial score (nSPS) is 13.6. The number of hydrogen-bond donors (Lipinski definition) is 1. The average molecular weight is 371 g/mol. The topological polar surface area (TPSA) is 79.0 Å². The van der Waals surface area contributed by atoms with Crippen LogP contribution in [0.3, 0.4) is 0 Å². The number of carbonyl (C=O) groups excluding carboxylic acids is 3. The van der Waals surface area contributed by atoms with E-state index in [9.17, 15) is 18.8 Å². The number of esters is 1. The molecule has 1 heterocycles. The fraction of sp³-hybridized carbons (Fsp3) is 0.211. The summed E-state index contributed by atoms with van der Waals surface area (Å²) in [6.07, 6.45) is 0. The van der Waals surface area contributed by atoms with Crippen LogP contribution in [0.1, 0.15) is 10.4 Å². The van der Waals surface area contributed by atoms with Crippen LogP contribution in [0.5, 0.6) is 0 Å². The number of anilines is 2. The number of hydrogen-bond acceptors (Lipinski definition) is 4. The summed E-state index contributed by atoms with van der Waals surface area (Å²) in [6.45, 7) is 0.477. The van der Waals surface area contributed by atoms with E-state index in [0.717, 1.165) is 0 Å². The van der Waals surface area contributed by atoms with Crippen molar-refractivity contribution in [1.82, 2.24) is 4.90 Å². The number of halogens is 1. The van der Waals surface area contributed by atoms with Crippen LogP contribution < -0.4 is 10.2 Å². The van der Waals surface area contributed by atoms with Crippen molar-refractivity contribution in [3.05, 3.63) is 59.9 Å². The molecule has 2 aromatic carbocycles. The van der Waals surface area contributed by atoms with Gasteiger partial charge in [0.05, 0.1) is 18.4 Å². The van der Waals surface area contributed by atoms with E-state index in [1.807, 2.05) is 0 Å². The third-order valence-electron chi connectivity index (χ3n) is 4.16. The van der Waals surface area contributed by atoms with E-state index in [0.29, 0.717) is 24.3 Å². The Hall–Kier alpha value is -3.42. The Morgan fingerprint density at radius 2 is 1.81 bits per heavy atom. The number of amides is 3. The highest BCUT2D eigenvalue weighted by atomic mass is 19.1. The second-order valence-electron chi connectivity index (χ2n) is 5.92. The summed E-state index contributed by atoms with van der Waals surface area (Å²) in [7, 11) is 1.29. The lowest BCUT2D eigenvalue weighted by molar-refractivity contribution is -0.116. The number of carbonyl (C=O) groups is 3. The maximum Gasteiger partial charge on any atom is 0.337 e. The van der Waals surface area contributed by atoms with Crippen LogP contribution >= 0.6 is 0 Å². The van der Waals surface area contributed by atoms with Gasteiger partial charge in [0.2, 0.25) is 5.91 Å². The van der Waals surface area contributed by atoms with Crippen molar-refractivity contribution in [1.29, 1.82) is 0 Å². The molecular weight excluding hydrogens is 353 g/mol. The molecule has 0 aliphatic carbocycles. The van der Waals surface area contributed by atoms with Gasteiger partial charge in [-0.15, -0.1) is 0 Å². The molecule has 140 valence electrons. The molecule has 0 unspecified atom stereocenters. The summed E-state index contributed by atoms with van der Waals surface area (Å²) in [4.78, 5) is 38.7. The van der Waals surface area contributed by atoms with Crippen molar-refractivity contribution in [3.8, 4) is 0 Å². The molecular formula is C19H18FN3O4. The highest BCUT2D eigenvalue weighted by molar-refractivity contribution is 5.99. The number of urea groups is 1. The zero-order valence-electron chi connectivity index (χ0n) is 14.6. The maximum atomic E-state index is 13.9. The zero-order valence-corrected chi connectivity index (χ0v) is 14.6. The molecule has 0 spiro atoms. The molecule has 8 heteroatoms. The van der Waals surface area contributed by atoms with Gasteiger partial charge in [0.1, 0.15) is 12.4 Å². The molecule has 0 bridgehead atoms. The number of methoxy groups -OCH3 is 1. The number of para-hydroxylation sites is 1. The van der Waals surface area contributed by atoms with Crippen LogP contribution in [0.25, 0.3) is 0 Å². The Bertz CT molecular complexity index is 870. The first-order valence-corrected chi connectivity index (χ1v) is 8.29. The van der Waals surface area contributed by atoms with E-state index in [2.05, 4.69) is 10.1 Å². The molecule has 7 nitrogen and oxygen atoms in total. The predicted octanol–water partition coefficient (Wildman–Crippen LogP) is 2.49. The minimum atomic E-state index is -0.483. The molecule has 3 rings (SSSR count). The predicted molar refractivity (Wildman–Crippen MR) is 97.1 cm³/mol. The minimum Gasteiger partial charge on any atom is -0.465 e. The van der Waals surface area contributed by atoms with Crippen molar-refractivity contribution in [2.45, 2.75) is 0 Å². The minimum absolute atomic E-state index is 0.150. The van der Waals surface area contributed by atoms with Gasteiger partial charge in [0, 0.05) is 18.8 Å². The van der Waals surface area contributed by atoms with Gasteiger partial charge in [0.15, 0.2) is 0 Å². The lowest BCUT2D eigenvalue weighted by atomic mass is 10.2. The molecule has 1 N–H and O–H groups in total. The fourth-order valence-corrected chi connectivity index (χ4v) is 2.80. The Morgan fingerprint density at radius 3 is 2.48 bits per heavy atom. The summed E-state index contributed by atoms with van der Waals surface area (Å²) >= 11 is 0. The van der Waals surface area contributed by atoms with E-state index in [1.165, 1.54) is 41.2 Å². The van der Waals surface area contributed by atoms with Crippen LogP contribution in [-0.4, -0.2) is 49.6 Å². The summed E-state index contributed by atoms with van der Waals surface area (Å²) < 4.78 is 18.5. The highest BCUT2D eigenvalue weighted by Gasteiger charge is 2.32. The molecule has 1 aliphatic heterocycles. The van der Waals surface area contributed by atoms with Gasteiger partial charge < -0.3 is 15.0 Å². The molecule has 3 amide bonds. The third kappa shape index (κ3) is 4.05. The largest absolute Gasteiger partial charge is 0.465 e. The van der Waals surface area contributed by atoms with E-state index in [1.54, 1.807) is 24.3 Å². The van der Waals surface area contributed by atoms with Gasteiger partial charge in [0.25, 0.3) is 0 Å². The molecule has 1 aliphatic rings. The first kappa shape index (κ1) is 18.4. The van der Waals surface area contributed by atoms with Gasteiger partial charge in [-0.25, -0.2) is 14.0 Å². The average Bonchev–Trinajstić information content (AvgIpc) is 3.02. The summed E-state index contributed by atoms with van der Waals surface area (Å²) in [5, 5.41) is 2.66. The molecule has 1 saturated heterocycles. The van der Waals surface area contributed by atoms with Crippen molar-refractivity contribution in [2.75, 3.05) is 37.0 Å². The maximum absolute atomic E-state index is 13.9. The summed E-state index contributed by atoms with van der Waals surface area (Å²) in [5.41, 5.74) is 1.06. The molecule has 0 saturated carbocycles. The van der Waals surface area contributed by atoms with Crippen molar-refractivity contribution < 1.29 is 23.5 Å². The van der Waals surface area contributed by atoms with Gasteiger partial charge in [-0.1, -0.05) is 12.1 Å². The third-order valence-corrected chi connectivity index (χ3v) is 4.16. The van der Waals surface area contributed by atoms with Gasteiger partial charge in [-0.2, -0.15) is 0 Å². The van der Waals surface area contributed by atoms with Crippen molar-refractivity contribution in [2.24, 2.45) is 0 Å². The van der Waals surface area contributed by atoms with Crippen LogP contribution in [0.4, 0.5) is 20.6 Å². The van der Waals surface area contributed by atoms with E-state index in [-0.39, 0.29) is 18.1 Å². The fourth-order valence-electron chi connectivity index (χ4n) is 2.80. The standard InChI is InChI=1S/C19H18FN3O4/c1-27-18(25)13-6-8-14(9-7-13)21-17(24)12-22-10-11-23(19(22)26)16-5-3-2-4-15(16)20/h2-9H,10-12H2,1H3,(H,21,24). The second kappa shape index (κ2) is 7.86. The van der Waals surface area contributed by atoms with E-state index >= 15 is 0 Å². The van der Waals surface area contributed by atoms with Gasteiger partial charge in [-0.3, -0.25) is 9.69 Å². The van der Waals surface area contributed by atoms with Gasteiger partial charge in [-0.05, 0) is 36.4 Å². The van der Waals surface area contributed by atoms with Crippen LogP contribution in [0.15, 0.2) is 48.5 Å². The summed E-state index contributed by atoms with van der Waals surface area (Å²) in [5.74, 6) is -1.34. The quantitative estimate of drug-likeness (QED) is 0.819. The van der Waals surface area contributed by atoms with Gasteiger partial charge >= 0.3 is 12.0 Å². The van der Waals surface area contributed by atoms with E-state index in [4.69, 9.17) is 0 Å². The first-order chi connectivity index (χ1) is 13.0. The van der Waals surface area contributed by atoms with Crippen molar-refractivity contribution in [3.63, 3.8) is 0 Å². The lowest BCUT2D eigenvalue weighted by Crippen LogP contribution is -2.37. The van der Waals surface area contributed by atoms with E-state index < -0.39 is 17.8 Å². The molecule has 0 atom stereocenters. The van der Waals surface area contributed by atoms with Crippen LogP contribution in [-0.2, 0) is 9.53 Å². The molecule has 0 radical (unpaired) electrons. The second-order valence-corrected chi connectivity index (χ2v) is 5.92. The molecule has 1 fully saturated rings. The Morgan fingerprint density at radius 1 is 1.11 bits per heavy atom. The Labute approximate surface area is 155 Å². The molecule has 0 aromatic heterocycles. The monoisotopic (exact) mass is 371 g/mol. The van der Waals surface area contributed by atoms with Crippen molar-refractivity contribution >= 4 is 29.3 Å². The lowest BCUT2D eigenvalue weighted by Gasteiger charge is -2.18. The molecule has 2 aromatic rings. The number of rotatable bonds is 5. The Kier molecular flexibility index (Phi) is 5.35. The zero-order chi connectivity index (χ0) is 19.4. The number of benzene rings is 2. The first-order valence-electron chi connectivity index (χ1n) is 8.29. The smallest absolute Gasteiger partial charge is 0.337 e. The number of nitrogens with one attached hydrogen (secondary N) is 1. The Balaban J connectivity index is 1.59. The SMILES string of the molecule is COC(=O)c1ccc(NC(=O)CN2CCN(c3ccccc3F)C2=O)cc1. The summed E-state index contributed by atoms with van der Waals surface area (Å²) in [6, 6.07) is 11.8. The van der Waals surface area contributed by atoms with Crippen LogP contribution in [0.2, 0.25) is 0 Å². The van der Waals surface area contributed by atoms with Crippen LogP contribution in [0, 0.1) is 5.82 Å². The molecule has 27 heavy (non-hydrogen) atoms. The number of ether oxygens (including phenoxy) is 1. The number of nitrogens with zero attached hydrogens (tertiary/aromatic N) is 2.